The summed E-state index contributed by atoms with van der Waals surface area (Å²) in [5.74, 6) is -0.758. The van der Waals surface area contributed by atoms with Crippen molar-refractivity contribution in [2.75, 3.05) is 18.4 Å². The van der Waals surface area contributed by atoms with Gasteiger partial charge in [0.25, 0.3) is 0 Å². The van der Waals surface area contributed by atoms with Gasteiger partial charge in [-0.05, 0) is 17.5 Å². The van der Waals surface area contributed by atoms with Gasteiger partial charge in [0.15, 0.2) is 5.13 Å². The largest absolute Gasteiger partial charge is 0.333 e. The minimum Gasteiger partial charge on any atom is -0.333 e. The minimum atomic E-state index is -0.443. The Morgan fingerprint density at radius 1 is 1.04 bits per heavy atom. The van der Waals surface area contributed by atoms with Gasteiger partial charge < -0.3 is 10.2 Å². The van der Waals surface area contributed by atoms with Crippen LogP contribution in [-0.2, 0) is 9.59 Å². The van der Waals surface area contributed by atoms with Crippen molar-refractivity contribution in [2.45, 2.75) is 19.3 Å². The molecule has 0 aliphatic carbocycles. The van der Waals surface area contributed by atoms with Crippen LogP contribution in [0.1, 0.15) is 30.4 Å². The molecule has 1 heterocycles. The maximum atomic E-state index is 13.5. The third kappa shape index (κ3) is 5.04. The van der Waals surface area contributed by atoms with Crippen molar-refractivity contribution in [2.24, 2.45) is 0 Å². The Morgan fingerprint density at radius 2 is 1.64 bits per heavy atom. The van der Waals surface area contributed by atoms with Crippen molar-refractivity contribution < 1.29 is 9.59 Å². The second-order valence-corrected chi connectivity index (χ2v) is 7.29. The molecule has 2 amide bonds. The van der Waals surface area contributed by atoms with Crippen LogP contribution in [0, 0.1) is 0 Å². The van der Waals surface area contributed by atoms with Gasteiger partial charge in [-0.25, -0.2) is 4.98 Å². The summed E-state index contributed by atoms with van der Waals surface area (Å²) in [6.45, 7) is 2.52. The highest BCUT2D eigenvalue weighted by molar-refractivity contribution is 7.13. The van der Waals surface area contributed by atoms with Crippen LogP contribution in [0.2, 0.25) is 0 Å². The predicted octanol–water partition coefficient (Wildman–Crippen LogP) is 4.15. The first-order valence-corrected chi connectivity index (χ1v) is 10.1. The zero-order valence-corrected chi connectivity index (χ0v) is 16.6. The first kappa shape index (κ1) is 19.8. The van der Waals surface area contributed by atoms with E-state index in [0.717, 1.165) is 17.5 Å². The number of nitrogens with zero attached hydrogens (tertiary/aromatic N) is 2. The Bertz CT molecular complexity index is 843. The van der Waals surface area contributed by atoms with E-state index in [0.29, 0.717) is 11.7 Å². The quantitative estimate of drug-likeness (QED) is 0.625. The van der Waals surface area contributed by atoms with Crippen molar-refractivity contribution in [1.29, 1.82) is 0 Å². The molecule has 0 saturated heterocycles. The van der Waals surface area contributed by atoms with Crippen LogP contribution in [0.15, 0.2) is 72.2 Å². The zero-order chi connectivity index (χ0) is 19.8. The number of amides is 2. The maximum Gasteiger partial charge on any atom is 0.245 e. The van der Waals surface area contributed by atoms with E-state index in [-0.39, 0.29) is 18.4 Å². The molecule has 0 fully saturated rings. The average Bonchev–Trinajstić information content (AvgIpc) is 3.22. The van der Waals surface area contributed by atoms with E-state index in [1.54, 1.807) is 16.5 Å². The SMILES string of the molecule is CCCN(CC(=O)Nc1nccs1)C(=O)C(c1ccccc1)c1ccccc1. The van der Waals surface area contributed by atoms with Crippen LogP contribution >= 0.6 is 11.3 Å². The minimum absolute atomic E-state index is 0.00240. The second-order valence-electron chi connectivity index (χ2n) is 6.40. The molecule has 1 N–H and O–H groups in total. The van der Waals surface area contributed by atoms with Gasteiger partial charge in [0.1, 0.15) is 0 Å². The summed E-state index contributed by atoms with van der Waals surface area (Å²) in [6.07, 6.45) is 2.41. The Kier molecular flexibility index (Phi) is 6.92. The van der Waals surface area contributed by atoms with E-state index in [2.05, 4.69) is 10.3 Å². The van der Waals surface area contributed by atoms with Crippen LogP contribution in [0.3, 0.4) is 0 Å². The lowest BCUT2D eigenvalue weighted by Gasteiger charge is -2.27. The van der Waals surface area contributed by atoms with Crippen LogP contribution in [0.25, 0.3) is 0 Å². The van der Waals surface area contributed by atoms with Crippen molar-refractivity contribution in [3.05, 3.63) is 83.4 Å². The smallest absolute Gasteiger partial charge is 0.245 e. The summed E-state index contributed by atoms with van der Waals surface area (Å²) in [6, 6.07) is 19.4. The topological polar surface area (TPSA) is 62.3 Å². The van der Waals surface area contributed by atoms with E-state index < -0.39 is 5.92 Å². The van der Waals surface area contributed by atoms with Crippen molar-refractivity contribution >= 4 is 28.3 Å². The molecule has 0 unspecified atom stereocenters. The lowest BCUT2D eigenvalue weighted by molar-refractivity contribution is -0.135. The number of hydrogen-bond donors (Lipinski definition) is 1. The van der Waals surface area contributed by atoms with Gasteiger partial charge in [0.05, 0.1) is 12.5 Å². The fourth-order valence-electron chi connectivity index (χ4n) is 3.11. The summed E-state index contributed by atoms with van der Waals surface area (Å²) in [7, 11) is 0. The predicted molar refractivity (Wildman–Crippen MR) is 112 cm³/mol. The lowest BCUT2D eigenvalue weighted by atomic mass is 9.90. The number of anilines is 1. The molecule has 28 heavy (non-hydrogen) atoms. The summed E-state index contributed by atoms with van der Waals surface area (Å²) in [5.41, 5.74) is 1.83. The molecule has 6 heteroatoms. The number of carbonyl (C=O) groups is 2. The molecule has 0 atom stereocenters. The summed E-state index contributed by atoms with van der Waals surface area (Å²) < 4.78 is 0. The molecule has 5 nitrogen and oxygen atoms in total. The van der Waals surface area contributed by atoms with Crippen LogP contribution in [0.5, 0.6) is 0 Å². The second kappa shape index (κ2) is 9.80. The summed E-state index contributed by atoms with van der Waals surface area (Å²) in [5, 5.41) is 5.09. The molecule has 0 spiro atoms. The van der Waals surface area contributed by atoms with Gasteiger partial charge >= 0.3 is 0 Å². The Balaban J connectivity index is 1.84. The van der Waals surface area contributed by atoms with Crippen molar-refractivity contribution in [3.63, 3.8) is 0 Å². The van der Waals surface area contributed by atoms with Gasteiger partial charge in [0.2, 0.25) is 11.8 Å². The number of benzene rings is 2. The van der Waals surface area contributed by atoms with E-state index in [4.69, 9.17) is 0 Å². The van der Waals surface area contributed by atoms with Crippen LogP contribution in [0.4, 0.5) is 5.13 Å². The van der Waals surface area contributed by atoms with Gasteiger partial charge in [-0.3, -0.25) is 9.59 Å². The molecule has 3 aromatic rings. The number of carbonyl (C=O) groups excluding carboxylic acids is 2. The monoisotopic (exact) mass is 393 g/mol. The Morgan fingerprint density at radius 3 is 2.14 bits per heavy atom. The van der Waals surface area contributed by atoms with Gasteiger partial charge in [0, 0.05) is 18.1 Å². The molecular weight excluding hydrogens is 370 g/mol. The fourth-order valence-corrected chi connectivity index (χ4v) is 3.65. The molecule has 2 aromatic carbocycles. The number of aromatic nitrogens is 1. The highest BCUT2D eigenvalue weighted by Gasteiger charge is 2.28. The molecule has 0 radical (unpaired) electrons. The van der Waals surface area contributed by atoms with Crippen LogP contribution < -0.4 is 5.32 Å². The third-order valence-electron chi connectivity index (χ3n) is 4.33. The van der Waals surface area contributed by atoms with Gasteiger partial charge in [-0.15, -0.1) is 11.3 Å². The van der Waals surface area contributed by atoms with Crippen LogP contribution in [-0.4, -0.2) is 34.8 Å². The maximum absolute atomic E-state index is 13.5. The third-order valence-corrected chi connectivity index (χ3v) is 5.02. The fraction of sp³-hybridized carbons (Fsp3) is 0.227. The molecular formula is C22H23N3O2S. The molecule has 0 aliphatic heterocycles. The van der Waals surface area contributed by atoms with Crippen molar-refractivity contribution in [1.82, 2.24) is 9.88 Å². The molecule has 3 rings (SSSR count). The van der Waals surface area contributed by atoms with E-state index >= 15 is 0 Å². The summed E-state index contributed by atoms with van der Waals surface area (Å²) >= 11 is 1.35. The standard InChI is InChI=1S/C22H23N3O2S/c1-2-14-25(16-19(26)24-22-23-13-15-28-22)21(27)20(17-9-5-3-6-10-17)18-11-7-4-8-12-18/h3-13,15,20H,2,14,16H2,1H3,(H,23,24,26). The molecule has 0 aliphatic rings. The average molecular weight is 394 g/mol. The number of thiazole rings is 1. The van der Waals surface area contributed by atoms with Gasteiger partial charge in [-0.2, -0.15) is 0 Å². The summed E-state index contributed by atoms with van der Waals surface area (Å²) in [4.78, 5) is 31.7. The molecule has 1 aromatic heterocycles. The Hall–Kier alpha value is -2.99. The molecule has 144 valence electrons. The van der Waals surface area contributed by atoms with E-state index in [1.807, 2.05) is 67.6 Å². The highest BCUT2D eigenvalue weighted by Crippen LogP contribution is 2.27. The number of nitrogens with one attached hydrogen (secondary N) is 1. The first-order valence-electron chi connectivity index (χ1n) is 9.27. The van der Waals surface area contributed by atoms with Crippen molar-refractivity contribution in [3.8, 4) is 0 Å². The molecule has 0 bridgehead atoms. The normalized spacial score (nSPS) is 10.6. The Labute approximate surface area is 169 Å². The zero-order valence-electron chi connectivity index (χ0n) is 15.7. The lowest BCUT2D eigenvalue weighted by Crippen LogP contribution is -2.41. The first-order chi connectivity index (χ1) is 13.7. The number of hydrogen-bond acceptors (Lipinski definition) is 4. The van der Waals surface area contributed by atoms with E-state index in [9.17, 15) is 9.59 Å². The van der Waals surface area contributed by atoms with E-state index in [1.165, 1.54) is 11.3 Å². The molecule has 0 saturated carbocycles. The highest BCUT2D eigenvalue weighted by atomic mass is 32.1. The van der Waals surface area contributed by atoms with Gasteiger partial charge in [-0.1, -0.05) is 67.6 Å². The number of rotatable bonds is 8.